The van der Waals surface area contributed by atoms with Gasteiger partial charge in [0.2, 0.25) is 11.8 Å². The van der Waals surface area contributed by atoms with E-state index in [1.807, 2.05) is 13.8 Å². The average Bonchev–Trinajstić information content (AvgIpc) is 2.72. The van der Waals surface area contributed by atoms with E-state index in [1.54, 1.807) is 20.8 Å². The van der Waals surface area contributed by atoms with E-state index in [2.05, 4.69) is 16.0 Å². The lowest BCUT2D eigenvalue weighted by Crippen LogP contribution is -2.51. The van der Waals surface area contributed by atoms with Gasteiger partial charge in [0.1, 0.15) is 18.2 Å². The van der Waals surface area contributed by atoms with Gasteiger partial charge in [-0.2, -0.15) is 0 Å². The summed E-state index contributed by atoms with van der Waals surface area (Å²) in [5, 5.41) is 16.5. The highest BCUT2D eigenvalue weighted by Crippen LogP contribution is 2.12. The Morgan fingerprint density at radius 3 is 1.94 bits per heavy atom. The SMILES string of the molecule is CCC(C)C(NC(=O)OC(C)(C)C)C(=O)NCCCCCCCCCCC(=O)NCC(=O)O. The Bertz CT molecular complexity index is 603. The molecule has 2 unspecified atom stereocenters. The lowest BCUT2D eigenvalue weighted by molar-refractivity contribution is -0.138. The van der Waals surface area contributed by atoms with Crippen LogP contribution in [0.25, 0.3) is 0 Å². The number of nitrogens with one attached hydrogen (secondary N) is 3. The molecule has 9 heteroatoms. The number of amides is 3. The number of carboxylic acids is 1. The number of rotatable bonds is 17. The molecule has 3 amide bonds. The number of ether oxygens (including phenoxy) is 1. The molecule has 0 aromatic rings. The Kier molecular flexibility index (Phi) is 16.0. The molecule has 0 aliphatic carbocycles. The Hall–Kier alpha value is -2.32. The average molecular weight is 472 g/mol. The third-order valence-corrected chi connectivity index (χ3v) is 5.23. The molecule has 0 fully saturated rings. The molecule has 0 aromatic carbocycles. The highest BCUT2D eigenvalue weighted by Gasteiger charge is 2.27. The minimum Gasteiger partial charge on any atom is -0.480 e. The van der Waals surface area contributed by atoms with E-state index in [0.29, 0.717) is 13.0 Å². The van der Waals surface area contributed by atoms with E-state index in [-0.39, 0.29) is 24.3 Å². The number of aliphatic carboxylic acids is 1. The van der Waals surface area contributed by atoms with E-state index in [1.165, 1.54) is 0 Å². The smallest absolute Gasteiger partial charge is 0.408 e. The van der Waals surface area contributed by atoms with Crippen molar-refractivity contribution in [3.8, 4) is 0 Å². The molecule has 4 N–H and O–H groups in total. The molecule has 0 aliphatic rings. The molecular weight excluding hydrogens is 426 g/mol. The van der Waals surface area contributed by atoms with Gasteiger partial charge in [0.15, 0.2) is 0 Å². The fraction of sp³-hybridized carbons (Fsp3) is 0.833. The number of hydrogen-bond acceptors (Lipinski definition) is 5. The minimum atomic E-state index is -1.03. The van der Waals surface area contributed by atoms with Crippen molar-refractivity contribution in [3.63, 3.8) is 0 Å². The second kappa shape index (κ2) is 17.2. The number of carboxylic acid groups (broad SMARTS) is 1. The molecule has 0 bridgehead atoms. The molecule has 192 valence electrons. The first-order valence-corrected chi connectivity index (χ1v) is 12.2. The topological polar surface area (TPSA) is 134 Å². The summed E-state index contributed by atoms with van der Waals surface area (Å²) >= 11 is 0. The van der Waals surface area contributed by atoms with Crippen LogP contribution >= 0.6 is 0 Å². The van der Waals surface area contributed by atoms with Crippen molar-refractivity contribution >= 4 is 23.9 Å². The van der Waals surface area contributed by atoms with E-state index in [4.69, 9.17) is 9.84 Å². The molecule has 0 aromatic heterocycles. The fourth-order valence-corrected chi connectivity index (χ4v) is 3.19. The molecule has 0 saturated heterocycles. The first-order chi connectivity index (χ1) is 15.5. The second-order valence-electron chi connectivity index (χ2n) is 9.55. The molecule has 33 heavy (non-hydrogen) atoms. The maximum Gasteiger partial charge on any atom is 0.408 e. The van der Waals surface area contributed by atoms with Crippen molar-refractivity contribution in [2.24, 2.45) is 5.92 Å². The van der Waals surface area contributed by atoms with E-state index >= 15 is 0 Å². The molecule has 9 nitrogen and oxygen atoms in total. The van der Waals surface area contributed by atoms with Crippen LogP contribution in [0.2, 0.25) is 0 Å². The number of carbonyl (C=O) groups is 4. The standard InChI is InChI=1S/C24H45N3O6/c1-6-18(2)21(27-23(32)33-24(3,4)5)22(31)25-16-14-12-10-8-7-9-11-13-15-19(28)26-17-20(29)30/h18,21H,6-17H2,1-5H3,(H,25,31)(H,26,28)(H,27,32)(H,29,30). The molecule has 0 radical (unpaired) electrons. The molecule has 0 heterocycles. The normalized spacial score (nSPS) is 13.0. The summed E-state index contributed by atoms with van der Waals surface area (Å²) in [4.78, 5) is 46.4. The van der Waals surface area contributed by atoms with Gasteiger partial charge in [-0.1, -0.05) is 58.8 Å². The monoisotopic (exact) mass is 471 g/mol. The summed E-state index contributed by atoms with van der Waals surface area (Å²) < 4.78 is 5.28. The zero-order chi connectivity index (χ0) is 25.3. The Labute approximate surface area is 198 Å². The van der Waals surface area contributed by atoms with Crippen molar-refractivity contribution in [2.45, 2.75) is 110 Å². The van der Waals surface area contributed by atoms with Crippen LogP contribution in [-0.2, 0) is 19.1 Å². The van der Waals surface area contributed by atoms with E-state index in [0.717, 1.165) is 57.8 Å². The summed E-state index contributed by atoms with van der Waals surface area (Å²) in [5.74, 6) is -1.42. The highest BCUT2D eigenvalue weighted by molar-refractivity contribution is 5.86. The van der Waals surface area contributed by atoms with Crippen LogP contribution in [0, 0.1) is 5.92 Å². The van der Waals surface area contributed by atoms with Gasteiger partial charge in [-0.25, -0.2) is 4.79 Å². The van der Waals surface area contributed by atoms with Crippen LogP contribution in [0.3, 0.4) is 0 Å². The number of carbonyl (C=O) groups excluding carboxylic acids is 3. The van der Waals surface area contributed by atoms with Gasteiger partial charge in [-0.15, -0.1) is 0 Å². The molecule has 0 aliphatic heterocycles. The van der Waals surface area contributed by atoms with Crippen LogP contribution in [0.5, 0.6) is 0 Å². The third kappa shape index (κ3) is 17.9. The van der Waals surface area contributed by atoms with Gasteiger partial charge < -0.3 is 25.8 Å². The first-order valence-electron chi connectivity index (χ1n) is 12.2. The van der Waals surface area contributed by atoms with Crippen molar-refractivity contribution in [1.82, 2.24) is 16.0 Å². The lowest BCUT2D eigenvalue weighted by atomic mass is 9.98. The van der Waals surface area contributed by atoms with Crippen molar-refractivity contribution in [3.05, 3.63) is 0 Å². The van der Waals surface area contributed by atoms with Crippen LogP contribution in [0.1, 0.15) is 98.8 Å². The maximum absolute atomic E-state index is 12.6. The predicted octanol–water partition coefficient (Wildman–Crippen LogP) is 3.75. The largest absolute Gasteiger partial charge is 0.480 e. The third-order valence-electron chi connectivity index (χ3n) is 5.23. The summed E-state index contributed by atoms with van der Waals surface area (Å²) in [6, 6.07) is -0.615. The molecule has 0 rings (SSSR count). The molecular formula is C24H45N3O6. The van der Waals surface area contributed by atoms with Gasteiger partial charge >= 0.3 is 12.1 Å². The Balaban J connectivity index is 3.89. The van der Waals surface area contributed by atoms with E-state index in [9.17, 15) is 19.2 Å². The van der Waals surface area contributed by atoms with Gasteiger partial charge in [0.25, 0.3) is 0 Å². The van der Waals surface area contributed by atoms with Crippen molar-refractivity contribution in [1.29, 1.82) is 0 Å². The summed E-state index contributed by atoms with van der Waals surface area (Å²) in [6.45, 7) is 9.53. The van der Waals surface area contributed by atoms with Gasteiger partial charge in [0.05, 0.1) is 0 Å². The van der Waals surface area contributed by atoms with Crippen LogP contribution < -0.4 is 16.0 Å². The Morgan fingerprint density at radius 1 is 0.879 bits per heavy atom. The molecule has 2 atom stereocenters. The lowest BCUT2D eigenvalue weighted by Gasteiger charge is -2.26. The summed E-state index contributed by atoms with van der Waals surface area (Å²) in [7, 11) is 0. The van der Waals surface area contributed by atoms with Gasteiger partial charge in [-0.05, 0) is 39.5 Å². The summed E-state index contributed by atoms with van der Waals surface area (Å²) in [6.07, 6.45) is 8.52. The minimum absolute atomic E-state index is 0.000706. The molecule has 0 spiro atoms. The van der Waals surface area contributed by atoms with Crippen molar-refractivity contribution in [2.75, 3.05) is 13.1 Å². The van der Waals surface area contributed by atoms with Crippen LogP contribution in [0.4, 0.5) is 4.79 Å². The number of alkyl carbamates (subject to hydrolysis) is 1. The van der Waals surface area contributed by atoms with Crippen molar-refractivity contribution < 1.29 is 29.0 Å². The van der Waals surface area contributed by atoms with Crippen LogP contribution in [-0.4, -0.2) is 53.7 Å². The van der Waals surface area contributed by atoms with E-state index < -0.39 is 23.7 Å². The first kappa shape index (κ1) is 30.7. The maximum atomic E-state index is 12.6. The Morgan fingerprint density at radius 2 is 1.42 bits per heavy atom. The molecule has 0 saturated carbocycles. The quantitative estimate of drug-likeness (QED) is 0.239. The zero-order valence-electron chi connectivity index (χ0n) is 21.1. The second-order valence-corrected chi connectivity index (χ2v) is 9.55. The number of hydrogen-bond donors (Lipinski definition) is 4. The highest BCUT2D eigenvalue weighted by atomic mass is 16.6. The van der Waals surface area contributed by atoms with Gasteiger partial charge in [0, 0.05) is 13.0 Å². The van der Waals surface area contributed by atoms with Gasteiger partial charge in [-0.3, -0.25) is 14.4 Å². The zero-order valence-corrected chi connectivity index (χ0v) is 21.1. The summed E-state index contributed by atoms with van der Waals surface area (Å²) in [5.41, 5.74) is -0.614. The number of unbranched alkanes of at least 4 members (excludes halogenated alkanes) is 7. The van der Waals surface area contributed by atoms with Crippen LogP contribution in [0.15, 0.2) is 0 Å². The predicted molar refractivity (Wildman–Crippen MR) is 128 cm³/mol. The fourth-order valence-electron chi connectivity index (χ4n) is 3.19.